The fourth-order valence-electron chi connectivity index (χ4n) is 0.848. The molecule has 0 saturated carbocycles. The maximum Gasteiger partial charge on any atom is 0.105 e. The topological polar surface area (TPSA) is 26.0 Å². The second-order valence-corrected chi connectivity index (χ2v) is 3.35. The van der Waals surface area contributed by atoms with Crippen molar-refractivity contribution in [2.45, 2.75) is 4.90 Å². The molecule has 11 heavy (non-hydrogen) atoms. The van der Waals surface area contributed by atoms with Crippen molar-refractivity contribution in [1.82, 2.24) is 0 Å². The van der Waals surface area contributed by atoms with Gasteiger partial charge in [0.1, 0.15) is 4.99 Å². The van der Waals surface area contributed by atoms with Gasteiger partial charge in [0, 0.05) is 10.5 Å². The summed E-state index contributed by atoms with van der Waals surface area (Å²) in [5.41, 5.74) is 6.48. The Labute approximate surface area is 76.0 Å². The highest BCUT2D eigenvalue weighted by atomic mass is 32.2. The number of rotatable bonds is 2. The van der Waals surface area contributed by atoms with Crippen LogP contribution in [0.3, 0.4) is 0 Å². The van der Waals surface area contributed by atoms with Gasteiger partial charge in [-0.2, -0.15) is 0 Å². The van der Waals surface area contributed by atoms with E-state index < -0.39 is 0 Å². The van der Waals surface area contributed by atoms with Gasteiger partial charge in [0.05, 0.1) is 0 Å². The van der Waals surface area contributed by atoms with Gasteiger partial charge in [-0.1, -0.05) is 30.4 Å². The summed E-state index contributed by atoms with van der Waals surface area (Å²) in [6.45, 7) is 0. The third-order valence-electron chi connectivity index (χ3n) is 1.37. The highest BCUT2D eigenvalue weighted by molar-refractivity contribution is 7.98. The molecule has 2 N–H and O–H groups in total. The van der Waals surface area contributed by atoms with Gasteiger partial charge >= 0.3 is 0 Å². The van der Waals surface area contributed by atoms with Gasteiger partial charge in [-0.05, 0) is 12.3 Å². The second-order valence-electron chi connectivity index (χ2n) is 2.06. The van der Waals surface area contributed by atoms with Crippen molar-refractivity contribution in [1.29, 1.82) is 0 Å². The van der Waals surface area contributed by atoms with Crippen molar-refractivity contribution in [3.63, 3.8) is 0 Å². The first-order valence-electron chi connectivity index (χ1n) is 3.18. The van der Waals surface area contributed by atoms with E-state index in [0.29, 0.717) is 4.99 Å². The molecular formula is C8H9NS2. The number of thioether (sulfide) groups is 1. The van der Waals surface area contributed by atoms with Crippen molar-refractivity contribution in [3.8, 4) is 0 Å². The fraction of sp³-hybridized carbons (Fsp3) is 0.125. The van der Waals surface area contributed by atoms with Crippen molar-refractivity contribution in [2.75, 3.05) is 6.26 Å². The second kappa shape index (κ2) is 3.74. The molecule has 0 aliphatic rings. The normalized spacial score (nSPS) is 9.55. The van der Waals surface area contributed by atoms with E-state index in [0.717, 1.165) is 10.5 Å². The van der Waals surface area contributed by atoms with Gasteiger partial charge in [-0.25, -0.2) is 0 Å². The molecule has 1 rings (SSSR count). The summed E-state index contributed by atoms with van der Waals surface area (Å²) >= 11 is 6.54. The zero-order chi connectivity index (χ0) is 8.27. The molecule has 1 nitrogen and oxygen atoms in total. The van der Waals surface area contributed by atoms with E-state index in [2.05, 4.69) is 0 Å². The summed E-state index contributed by atoms with van der Waals surface area (Å²) in [6, 6.07) is 7.87. The maximum atomic E-state index is 5.51. The molecule has 1 aromatic carbocycles. The zero-order valence-electron chi connectivity index (χ0n) is 6.20. The zero-order valence-corrected chi connectivity index (χ0v) is 7.84. The molecule has 0 aromatic heterocycles. The van der Waals surface area contributed by atoms with E-state index in [-0.39, 0.29) is 0 Å². The first-order chi connectivity index (χ1) is 5.25. The van der Waals surface area contributed by atoms with Crippen LogP contribution >= 0.6 is 24.0 Å². The standard InChI is InChI=1S/C8H9NS2/c1-11-7-5-3-2-4-6(7)8(9)10/h2-5H,1H3,(H2,9,10). The van der Waals surface area contributed by atoms with Gasteiger partial charge in [0.25, 0.3) is 0 Å². The fourth-order valence-corrected chi connectivity index (χ4v) is 1.70. The van der Waals surface area contributed by atoms with Gasteiger partial charge in [0.15, 0.2) is 0 Å². The van der Waals surface area contributed by atoms with Crippen molar-refractivity contribution in [2.24, 2.45) is 5.73 Å². The van der Waals surface area contributed by atoms with E-state index in [9.17, 15) is 0 Å². The molecule has 0 radical (unpaired) electrons. The largest absolute Gasteiger partial charge is 0.389 e. The van der Waals surface area contributed by atoms with Crippen LogP contribution in [0.25, 0.3) is 0 Å². The Morgan fingerprint density at radius 1 is 1.45 bits per heavy atom. The lowest BCUT2D eigenvalue weighted by atomic mass is 10.2. The molecule has 0 amide bonds. The summed E-state index contributed by atoms with van der Waals surface area (Å²) < 4.78 is 0. The van der Waals surface area contributed by atoms with Crippen LogP contribution in [0, 0.1) is 0 Å². The Bertz CT molecular complexity index is 271. The lowest BCUT2D eigenvalue weighted by molar-refractivity contribution is 1.42. The lowest BCUT2D eigenvalue weighted by Gasteiger charge is -2.03. The first-order valence-corrected chi connectivity index (χ1v) is 4.82. The van der Waals surface area contributed by atoms with E-state index in [4.69, 9.17) is 18.0 Å². The molecule has 0 heterocycles. The third kappa shape index (κ3) is 1.94. The molecule has 0 fully saturated rings. The van der Waals surface area contributed by atoms with E-state index in [1.165, 1.54) is 0 Å². The summed E-state index contributed by atoms with van der Waals surface area (Å²) in [6.07, 6.45) is 2.01. The Morgan fingerprint density at radius 2 is 2.09 bits per heavy atom. The van der Waals surface area contributed by atoms with Crippen molar-refractivity contribution in [3.05, 3.63) is 29.8 Å². The van der Waals surface area contributed by atoms with Crippen LogP contribution in [-0.2, 0) is 0 Å². The highest BCUT2D eigenvalue weighted by Crippen LogP contribution is 2.19. The van der Waals surface area contributed by atoms with Crippen LogP contribution in [0.4, 0.5) is 0 Å². The van der Waals surface area contributed by atoms with Crippen molar-refractivity contribution < 1.29 is 0 Å². The molecule has 58 valence electrons. The Morgan fingerprint density at radius 3 is 2.55 bits per heavy atom. The lowest BCUT2D eigenvalue weighted by Crippen LogP contribution is -2.10. The van der Waals surface area contributed by atoms with Crippen LogP contribution in [0.15, 0.2) is 29.2 Å². The van der Waals surface area contributed by atoms with Gasteiger partial charge in [0.2, 0.25) is 0 Å². The molecule has 0 bridgehead atoms. The molecule has 1 aromatic rings. The first kappa shape index (κ1) is 8.56. The van der Waals surface area contributed by atoms with Crippen LogP contribution in [0.2, 0.25) is 0 Å². The summed E-state index contributed by atoms with van der Waals surface area (Å²) in [5, 5.41) is 0. The summed E-state index contributed by atoms with van der Waals surface area (Å²) in [7, 11) is 0. The van der Waals surface area contributed by atoms with Crippen LogP contribution in [0.1, 0.15) is 5.56 Å². The predicted octanol–water partition coefficient (Wildman–Crippen LogP) is 2.04. The molecule has 0 unspecified atom stereocenters. The van der Waals surface area contributed by atoms with E-state index in [1.807, 2.05) is 30.5 Å². The number of thiocarbonyl (C=S) groups is 1. The molecule has 0 atom stereocenters. The molecular weight excluding hydrogens is 174 g/mol. The molecule has 0 spiro atoms. The van der Waals surface area contributed by atoms with E-state index >= 15 is 0 Å². The number of hydrogen-bond donors (Lipinski definition) is 1. The predicted molar refractivity (Wildman–Crippen MR) is 54.1 cm³/mol. The average molecular weight is 183 g/mol. The molecule has 3 heteroatoms. The minimum Gasteiger partial charge on any atom is -0.389 e. The van der Waals surface area contributed by atoms with Gasteiger partial charge < -0.3 is 5.73 Å². The Kier molecular flexibility index (Phi) is 2.91. The minimum atomic E-state index is 0.468. The minimum absolute atomic E-state index is 0.468. The highest BCUT2D eigenvalue weighted by Gasteiger charge is 2.00. The molecule has 0 aliphatic carbocycles. The van der Waals surface area contributed by atoms with Crippen LogP contribution < -0.4 is 5.73 Å². The van der Waals surface area contributed by atoms with Crippen LogP contribution in [-0.4, -0.2) is 11.2 Å². The SMILES string of the molecule is CSc1ccccc1C(N)=S. The average Bonchev–Trinajstić information content (AvgIpc) is 2.04. The number of hydrogen-bond acceptors (Lipinski definition) is 2. The van der Waals surface area contributed by atoms with Gasteiger partial charge in [-0.3, -0.25) is 0 Å². The van der Waals surface area contributed by atoms with Crippen LogP contribution in [0.5, 0.6) is 0 Å². The molecule has 0 aliphatic heterocycles. The summed E-state index contributed by atoms with van der Waals surface area (Å²) in [5.74, 6) is 0. The number of nitrogens with two attached hydrogens (primary N) is 1. The quantitative estimate of drug-likeness (QED) is 0.561. The maximum absolute atomic E-state index is 5.51. The van der Waals surface area contributed by atoms with Gasteiger partial charge in [-0.15, -0.1) is 11.8 Å². The summed E-state index contributed by atoms with van der Waals surface area (Å²) in [4.78, 5) is 1.61. The number of benzene rings is 1. The Hall–Kier alpha value is -0.540. The third-order valence-corrected chi connectivity index (χ3v) is 2.39. The Balaban J connectivity index is 3.12. The van der Waals surface area contributed by atoms with Crippen molar-refractivity contribution >= 4 is 29.0 Å². The smallest absolute Gasteiger partial charge is 0.105 e. The monoisotopic (exact) mass is 183 g/mol. The molecule has 0 saturated heterocycles. The van der Waals surface area contributed by atoms with E-state index in [1.54, 1.807) is 11.8 Å².